The summed E-state index contributed by atoms with van der Waals surface area (Å²) in [6.45, 7) is 0. The maximum absolute atomic E-state index is 12.6. The van der Waals surface area contributed by atoms with E-state index in [9.17, 15) is 13.6 Å². The highest BCUT2D eigenvalue weighted by Crippen LogP contribution is 2.44. The van der Waals surface area contributed by atoms with E-state index in [1.807, 2.05) is 0 Å². The fraction of sp³-hybridized carbons (Fsp3) is 0.417. The second-order valence-electron chi connectivity index (χ2n) is 4.50. The van der Waals surface area contributed by atoms with Gasteiger partial charge < -0.3 is 5.73 Å². The number of halogens is 3. The molecule has 0 saturated heterocycles. The summed E-state index contributed by atoms with van der Waals surface area (Å²) in [5.74, 6) is -3.05. The third-order valence-corrected chi connectivity index (χ3v) is 3.27. The minimum absolute atomic E-state index is 0.110. The Morgan fingerprint density at radius 1 is 1.47 bits per heavy atom. The molecule has 0 radical (unpaired) electrons. The molecule has 0 spiro atoms. The van der Waals surface area contributed by atoms with Crippen LogP contribution in [0.5, 0.6) is 0 Å². The van der Waals surface area contributed by atoms with Crippen LogP contribution >= 0.6 is 11.6 Å². The molecule has 0 bridgehead atoms. The van der Waals surface area contributed by atoms with Crippen LogP contribution in [-0.2, 0) is 0 Å². The van der Waals surface area contributed by atoms with E-state index in [2.05, 4.69) is 0 Å². The first-order chi connectivity index (χ1) is 7.87. The molecule has 1 aromatic carbocycles. The first-order valence-electron chi connectivity index (χ1n) is 5.33. The molecular weight excluding hydrogens is 248 g/mol. The molecule has 0 heterocycles. The van der Waals surface area contributed by atoms with Gasteiger partial charge in [0.05, 0.1) is 5.02 Å². The molecule has 2 nitrogen and oxygen atoms in total. The Morgan fingerprint density at radius 3 is 2.71 bits per heavy atom. The van der Waals surface area contributed by atoms with Gasteiger partial charge in [-0.3, -0.25) is 4.79 Å². The third kappa shape index (κ3) is 2.75. The zero-order valence-electron chi connectivity index (χ0n) is 9.05. The monoisotopic (exact) mass is 259 g/mol. The zero-order chi connectivity index (χ0) is 12.6. The van der Waals surface area contributed by atoms with E-state index in [-0.39, 0.29) is 31.0 Å². The second kappa shape index (κ2) is 4.26. The minimum atomic E-state index is -2.59. The van der Waals surface area contributed by atoms with Crippen molar-refractivity contribution >= 4 is 23.1 Å². The Bertz CT molecular complexity index is 454. The van der Waals surface area contributed by atoms with Gasteiger partial charge >= 0.3 is 0 Å². The maximum atomic E-state index is 12.6. The number of nitrogen functional groups attached to an aromatic ring is 1. The van der Waals surface area contributed by atoms with Crippen LogP contribution in [0.25, 0.3) is 0 Å². The standard InChI is InChI=1S/C12H12ClF2NO/c13-10-2-1-8(16)4-9(10)11(17)3-7-5-12(14,15)6-7/h1-2,4,7H,3,5-6,16H2. The summed E-state index contributed by atoms with van der Waals surface area (Å²) in [5.41, 5.74) is 6.32. The smallest absolute Gasteiger partial charge is 0.248 e. The highest BCUT2D eigenvalue weighted by Gasteiger charge is 2.45. The minimum Gasteiger partial charge on any atom is -0.399 e. The van der Waals surface area contributed by atoms with Gasteiger partial charge in [0, 0.05) is 30.5 Å². The molecule has 1 aliphatic rings. The van der Waals surface area contributed by atoms with E-state index in [4.69, 9.17) is 17.3 Å². The molecule has 1 fully saturated rings. The normalized spacial score (nSPS) is 18.8. The highest BCUT2D eigenvalue weighted by atomic mass is 35.5. The molecule has 1 aliphatic carbocycles. The number of ketones is 1. The molecule has 0 atom stereocenters. The molecule has 0 amide bonds. The van der Waals surface area contributed by atoms with Crippen molar-refractivity contribution in [2.75, 3.05) is 5.73 Å². The van der Waals surface area contributed by atoms with Crippen molar-refractivity contribution in [3.8, 4) is 0 Å². The Hall–Kier alpha value is -1.16. The molecule has 17 heavy (non-hydrogen) atoms. The number of hydrogen-bond donors (Lipinski definition) is 1. The van der Waals surface area contributed by atoms with Gasteiger partial charge in [-0.05, 0) is 24.1 Å². The molecule has 0 aliphatic heterocycles. The number of Topliss-reactive ketones (excluding diaryl/α,β-unsaturated/α-hetero) is 1. The van der Waals surface area contributed by atoms with Crippen LogP contribution in [0.3, 0.4) is 0 Å². The average Bonchev–Trinajstić information content (AvgIpc) is 2.19. The molecule has 0 unspecified atom stereocenters. The van der Waals surface area contributed by atoms with Crippen molar-refractivity contribution < 1.29 is 13.6 Å². The summed E-state index contributed by atoms with van der Waals surface area (Å²) in [6.07, 6.45) is -0.309. The summed E-state index contributed by atoms with van der Waals surface area (Å²) in [6, 6.07) is 4.62. The molecule has 2 rings (SSSR count). The van der Waals surface area contributed by atoms with Gasteiger partial charge in [-0.15, -0.1) is 0 Å². The van der Waals surface area contributed by atoms with Crippen molar-refractivity contribution in [2.24, 2.45) is 5.92 Å². The van der Waals surface area contributed by atoms with E-state index in [1.54, 1.807) is 12.1 Å². The van der Waals surface area contributed by atoms with Crippen molar-refractivity contribution in [2.45, 2.75) is 25.2 Å². The van der Waals surface area contributed by atoms with Gasteiger partial charge in [0.25, 0.3) is 0 Å². The molecule has 92 valence electrons. The fourth-order valence-corrected chi connectivity index (χ4v) is 2.28. The van der Waals surface area contributed by atoms with Gasteiger partial charge in [-0.2, -0.15) is 0 Å². The first kappa shape index (κ1) is 12.3. The highest BCUT2D eigenvalue weighted by molar-refractivity contribution is 6.34. The number of nitrogens with two attached hydrogens (primary N) is 1. The molecule has 1 saturated carbocycles. The summed E-state index contributed by atoms with van der Waals surface area (Å²) >= 11 is 5.87. The van der Waals surface area contributed by atoms with E-state index in [1.165, 1.54) is 6.07 Å². The van der Waals surface area contributed by atoms with E-state index >= 15 is 0 Å². The number of anilines is 1. The van der Waals surface area contributed by atoms with Gasteiger partial charge in [-0.25, -0.2) is 8.78 Å². The van der Waals surface area contributed by atoms with Gasteiger partial charge in [-0.1, -0.05) is 11.6 Å². The van der Waals surface area contributed by atoms with Crippen LogP contribution in [0.4, 0.5) is 14.5 Å². The molecular formula is C12H12ClF2NO. The van der Waals surface area contributed by atoms with Crippen LogP contribution in [0.2, 0.25) is 5.02 Å². The lowest BCUT2D eigenvalue weighted by molar-refractivity contribution is -0.109. The Balaban J connectivity index is 2.03. The maximum Gasteiger partial charge on any atom is 0.248 e. The Morgan fingerprint density at radius 2 is 2.12 bits per heavy atom. The first-order valence-corrected chi connectivity index (χ1v) is 5.71. The van der Waals surface area contributed by atoms with Crippen molar-refractivity contribution in [3.05, 3.63) is 28.8 Å². The van der Waals surface area contributed by atoms with Crippen LogP contribution in [-0.4, -0.2) is 11.7 Å². The van der Waals surface area contributed by atoms with Crippen LogP contribution < -0.4 is 5.73 Å². The van der Waals surface area contributed by atoms with Crippen molar-refractivity contribution in [1.29, 1.82) is 0 Å². The summed E-state index contributed by atoms with van der Waals surface area (Å²) in [5, 5.41) is 0.315. The van der Waals surface area contributed by atoms with Crippen LogP contribution in [0, 0.1) is 5.92 Å². The molecule has 1 aromatic rings. The molecule has 5 heteroatoms. The number of carbonyl (C=O) groups is 1. The van der Waals surface area contributed by atoms with Crippen LogP contribution in [0.15, 0.2) is 18.2 Å². The summed E-state index contributed by atoms with van der Waals surface area (Å²) < 4.78 is 25.3. The summed E-state index contributed by atoms with van der Waals surface area (Å²) in [7, 11) is 0. The summed E-state index contributed by atoms with van der Waals surface area (Å²) in [4.78, 5) is 11.8. The Labute approximate surface area is 103 Å². The van der Waals surface area contributed by atoms with Gasteiger partial charge in [0.1, 0.15) is 0 Å². The number of hydrogen-bond acceptors (Lipinski definition) is 2. The Kier molecular flexibility index (Phi) is 3.08. The molecule has 2 N–H and O–H groups in total. The van der Waals surface area contributed by atoms with E-state index in [0.29, 0.717) is 16.3 Å². The predicted molar refractivity (Wildman–Crippen MR) is 62.5 cm³/mol. The zero-order valence-corrected chi connectivity index (χ0v) is 9.81. The second-order valence-corrected chi connectivity index (χ2v) is 4.90. The molecule has 0 aromatic heterocycles. The lowest BCUT2D eigenvalue weighted by Crippen LogP contribution is -2.36. The van der Waals surface area contributed by atoms with Crippen molar-refractivity contribution in [3.63, 3.8) is 0 Å². The lowest BCUT2D eigenvalue weighted by atomic mass is 9.77. The topological polar surface area (TPSA) is 43.1 Å². The fourth-order valence-electron chi connectivity index (χ4n) is 2.06. The van der Waals surface area contributed by atoms with Gasteiger partial charge in [0.15, 0.2) is 5.78 Å². The number of carbonyl (C=O) groups excluding carboxylic acids is 1. The number of benzene rings is 1. The third-order valence-electron chi connectivity index (χ3n) is 2.94. The lowest BCUT2D eigenvalue weighted by Gasteiger charge is -2.34. The number of rotatable bonds is 3. The average molecular weight is 260 g/mol. The van der Waals surface area contributed by atoms with Crippen molar-refractivity contribution in [1.82, 2.24) is 0 Å². The van der Waals surface area contributed by atoms with Gasteiger partial charge in [0.2, 0.25) is 5.92 Å². The number of alkyl halides is 2. The largest absolute Gasteiger partial charge is 0.399 e. The predicted octanol–water partition coefficient (Wildman–Crippen LogP) is 3.54. The van der Waals surface area contributed by atoms with Crippen LogP contribution in [0.1, 0.15) is 29.6 Å². The quantitative estimate of drug-likeness (QED) is 0.666. The SMILES string of the molecule is Nc1ccc(Cl)c(C(=O)CC2CC(F)(F)C2)c1. The van der Waals surface area contributed by atoms with E-state index < -0.39 is 5.92 Å². The van der Waals surface area contributed by atoms with E-state index in [0.717, 1.165) is 0 Å².